The zero-order valence-electron chi connectivity index (χ0n) is 22.0. The van der Waals surface area contributed by atoms with Crippen molar-refractivity contribution in [2.75, 3.05) is 0 Å². The number of thioether (sulfide) groups is 2. The van der Waals surface area contributed by atoms with Crippen LogP contribution in [0.15, 0.2) is 56.0 Å². The summed E-state index contributed by atoms with van der Waals surface area (Å²) in [6.07, 6.45) is 2.78. The molecule has 41 heavy (non-hydrogen) atoms. The second-order valence-corrected chi connectivity index (χ2v) is 12.0. The molecule has 1 aliphatic heterocycles. The van der Waals surface area contributed by atoms with E-state index in [4.69, 9.17) is 10.5 Å². The maximum atomic E-state index is 15.5. The first-order valence-electron chi connectivity index (χ1n) is 12.1. The van der Waals surface area contributed by atoms with Gasteiger partial charge in [-0.05, 0) is 50.3 Å². The number of hydrogen-bond acceptors (Lipinski definition) is 4. The number of aromatic nitrogens is 2. The highest BCUT2D eigenvalue weighted by Gasteiger charge is 2.80. The minimum Gasteiger partial charge on any atom is -0.348 e. The molecule has 0 amide bonds. The van der Waals surface area contributed by atoms with Crippen LogP contribution >= 0.6 is 23.5 Å². The van der Waals surface area contributed by atoms with E-state index in [1.54, 1.807) is 25.3 Å². The molecular formula is C29H20F6N4S2. The molecule has 0 N–H and O–H groups in total. The van der Waals surface area contributed by atoms with Gasteiger partial charge in [-0.1, -0.05) is 35.7 Å². The van der Waals surface area contributed by atoms with Crippen molar-refractivity contribution in [2.24, 2.45) is 14.1 Å². The quantitative estimate of drug-likeness (QED) is 0.222. The van der Waals surface area contributed by atoms with Gasteiger partial charge in [0.15, 0.2) is 0 Å². The van der Waals surface area contributed by atoms with E-state index < -0.39 is 40.0 Å². The lowest BCUT2D eigenvalue weighted by Gasteiger charge is -2.25. The molecule has 4 nitrogen and oxygen atoms in total. The lowest BCUT2D eigenvalue weighted by molar-refractivity contribution is -0.254. The normalized spacial score (nSPS) is 18.2. The highest BCUT2D eigenvalue weighted by atomic mass is 32.2. The molecule has 2 aliphatic rings. The zero-order valence-corrected chi connectivity index (χ0v) is 23.6. The van der Waals surface area contributed by atoms with Gasteiger partial charge in [0.25, 0.3) is 0 Å². The first-order valence-corrected chi connectivity index (χ1v) is 13.7. The van der Waals surface area contributed by atoms with E-state index in [0.717, 1.165) is 26.2 Å². The molecule has 0 bridgehead atoms. The smallest absolute Gasteiger partial charge is 0.348 e. The van der Waals surface area contributed by atoms with Gasteiger partial charge in [-0.25, -0.2) is 0 Å². The average Bonchev–Trinajstić information content (AvgIpc) is 3.57. The van der Waals surface area contributed by atoms with Crippen LogP contribution in [0.5, 0.6) is 0 Å². The Morgan fingerprint density at radius 3 is 1.68 bits per heavy atom. The molecule has 0 saturated carbocycles. The maximum absolute atomic E-state index is 15.5. The minimum atomic E-state index is -5.72. The number of halogens is 6. The van der Waals surface area contributed by atoms with Gasteiger partial charge in [-0.15, -0.1) is 0 Å². The van der Waals surface area contributed by atoms with E-state index in [0.29, 0.717) is 5.69 Å². The topological polar surface area (TPSA) is 57.4 Å². The number of allylic oxidation sites excluding steroid dienone is 3. The van der Waals surface area contributed by atoms with Crippen LogP contribution in [0.4, 0.5) is 26.3 Å². The van der Waals surface area contributed by atoms with Crippen molar-refractivity contribution in [1.82, 2.24) is 9.13 Å². The summed E-state index contributed by atoms with van der Waals surface area (Å²) in [6, 6.07) is 13.1. The van der Waals surface area contributed by atoms with E-state index >= 15 is 17.6 Å². The lowest BCUT2D eigenvalue weighted by atomic mass is 9.94. The van der Waals surface area contributed by atoms with Crippen molar-refractivity contribution in [3.05, 3.63) is 80.1 Å². The first-order chi connectivity index (χ1) is 19.2. The second kappa shape index (κ2) is 9.68. The molecule has 12 heteroatoms. The predicted octanol–water partition coefficient (Wildman–Crippen LogP) is 8.44. The molecule has 0 atom stereocenters. The Balaban J connectivity index is 1.74. The van der Waals surface area contributed by atoms with Crippen LogP contribution in [-0.4, -0.2) is 26.9 Å². The molecule has 3 heterocycles. The molecule has 5 rings (SSSR count). The summed E-state index contributed by atoms with van der Waals surface area (Å²) in [7, 11) is 2.95. The lowest BCUT2D eigenvalue weighted by Crippen LogP contribution is -2.49. The van der Waals surface area contributed by atoms with Crippen molar-refractivity contribution in [2.45, 2.75) is 41.4 Å². The summed E-state index contributed by atoms with van der Waals surface area (Å²) in [5, 5.41) is 18.2. The van der Waals surface area contributed by atoms with Crippen LogP contribution < -0.4 is 0 Å². The van der Waals surface area contributed by atoms with Crippen molar-refractivity contribution in [1.29, 1.82) is 10.5 Å². The van der Waals surface area contributed by atoms with E-state index in [9.17, 15) is 8.78 Å². The molecule has 1 aliphatic carbocycles. The zero-order chi connectivity index (χ0) is 30.1. The Morgan fingerprint density at radius 1 is 0.780 bits per heavy atom. The summed E-state index contributed by atoms with van der Waals surface area (Å²) in [5.41, 5.74) is -3.74. The van der Waals surface area contributed by atoms with Gasteiger partial charge in [-0.2, -0.15) is 36.9 Å². The molecule has 1 aromatic carbocycles. The number of benzene rings is 1. The largest absolute Gasteiger partial charge is 0.380 e. The van der Waals surface area contributed by atoms with Crippen LogP contribution in [0.25, 0.3) is 23.3 Å². The Kier molecular flexibility index (Phi) is 6.79. The van der Waals surface area contributed by atoms with Gasteiger partial charge in [0.2, 0.25) is 0 Å². The molecule has 0 spiro atoms. The van der Waals surface area contributed by atoms with Gasteiger partial charge in [0, 0.05) is 68.9 Å². The van der Waals surface area contributed by atoms with Crippen LogP contribution in [0, 0.1) is 36.5 Å². The Labute approximate surface area is 240 Å². The Morgan fingerprint density at radius 2 is 1.22 bits per heavy atom. The van der Waals surface area contributed by atoms with Gasteiger partial charge in [-0.3, -0.25) is 0 Å². The van der Waals surface area contributed by atoms with E-state index in [2.05, 4.69) is 0 Å². The third-order valence-electron chi connectivity index (χ3n) is 7.42. The summed E-state index contributed by atoms with van der Waals surface area (Å²) >= 11 is 2.91. The number of alkyl halides is 6. The van der Waals surface area contributed by atoms with Crippen molar-refractivity contribution < 1.29 is 26.3 Å². The monoisotopic (exact) mass is 602 g/mol. The standard InChI is InChI=1S/C29H20F6N4S2/c1-15-20(10-18(38(15)3)9-17(13-36)14-37)25-26(28(32,33)29(34,35)27(25,30)31)21-11-19(39(4)16(21)2)12-24-40-22-7-5-6-8-23(22)41-24/h5-12H,1-4H3. The van der Waals surface area contributed by atoms with Gasteiger partial charge in [0.1, 0.15) is 17.7 Å². The third kappa shape index (κ3) is 4.15. The first kappa shape index (κ1) is 28.8. The number of nitriles is 2. The minimum absolute atomic E-state index is 0.0143. The highest BCUT2D eigenvalue weighted by Crippen LogP contribution is 2.65. The fraction of sp³-hybridized carbons (Fsp3) is 0.241. The van der Waals surface area contributed by atoms with Crippen molar-refractivity contribution in [3.8, 4) is 12.1 Å². The number of hydrogen-bond donors (Lipinski definition) is 0. The summed E-state index contributed by atoms with van der Waals surface area (Å²) in [4.78, 5) is 2.00. The van der Waals surface area contributed by atoms with Crippen LogP contribution in [0.1, 0.15) is 33.9 Å². The number of fused-ring (bicyclic) bond motifs is 1. The molecule has 0 fully saturated rings. The maximum Gasteiger partial charge on any atom is 0.380 e. The Bertz CT molecular complexity index is 1750. The van der Waals surface area contributed by atoms with E-state index in [-0.39, 0.29) is 22.7 Å². The predicted molar refractivity (Wildman–Crippen MR) is 147 cm³/mol. The van der Waals surface area contributed by atoms with Crippen LogP contribution in [-0.2, 0) is 14.1 Å². The molecule has 210 valence electrons. The molecule has 3 aromatic rings. The molecule has 0 radical (unpaired) electrons. The summed E-state index contributed by atoms with van der Waals surface area (Å²) < 4.78 is 95.6. The van der Waals surface area contributed by atoms with Crippen molar-refractivity contribution in [3.63, 3.8) is 0 Å². The van der Waals surface area contributed by atoms with Gasteiger partial charge >= 0.3 is 17.8 Å². The Hall–Kier alpha value is -3.74. The summed E-state index contributed by atoms with van der Waals surface area (Å²) in [5.74, 6) is -16.2. The molecule has 0 unspecified atom stereocenters. The molecular weight excluding hydrogens is 582 g/mol. The fourth-order valence-corrected chi connectivity index (χ4v) is 7.31. The van der Waals surface area contributed by atoms with E-state index in [1.807, 2.05) is 24.3 Å². The van der Waals surface area contributed by atoms with E-state index in [1.165, 1.54) is 59.6 Å². The third-order valence-corrected chi connectivity index (χ3v) is 9.84. The highest BCUT2D eigenvalue weighted by molar-refractivity contribution is 8.24. The molecule has 2 aromatic heterocycles. The average molecular weight is 603 g/mol. The van der Waals surface area contributed by atoms with Gasteiger partial charge < -0.3 is 9.13 Å². The number of nitrogens with zero attached hydrogens (tertiary/aromatic N) is 4. The fourth-order valence-electron chi connectivity index (χ4n) is 4.94. The second-order valence-electron chi connectivity index (χ2n) is 9.62. The summed E-state index contributed by atoms with van der Waals surface area (Å²) in [6.45, 7) is 2.73. The SMILES string of the molecule is Cc1c(C2=C(c3cc(C=C4Sc5ccccc5S4)n(C)c3C)C(F)(F)C(F)(F)C2(F)F)cc(C=C(C#N)C#N)n1C. The molecule has 0 saturated heterocycles. The van der Waals surface area contributed by atoms with Crippen molar-refractivity contribution >= 4 is 46.8 Å². The van der Waals surface area contributed by atoms with Crippen LogP contribution in [0.3, 0.4) is 0 Å². The van der Waals surface area contributed by atoms with Crippen LogP contribution in [0.2, 0.25) is 0 Å². The number of rotatable bonds is 4. The van der Waals surface area contributed by atoms with Gasteiger partial charge in [0.05, 0.1) is 4.24 Å².